The number of phenolic OH excluding ortho intramolecular Hbond substituents is 1. The molecule has 1 saturated carbocycles. The van der Waals surface area contributed by atoms with Crippen LogP contribution in [0.4, 0.5) is 4.39 Å². The van der Waals surface area contributed by atoms with E-state index in [9.17, 15) is 4.39 Å². The second-order valence-electron chi connectivity index (χ2n) is 4.39. The van der Waals surface area contributed by atoms with Crippen molar-refractivity contribution in [3.63, 3.8) is 0 Å². The van der Waals surface area contributed by atoms with Crippen molar-refractivity contribution in [3.8, 4) is 5.75 Å². The molecule has 15 heavy (non-hydrogen) atoms. The standard InChI is InChI=1S/C12H16FNO/c1-8-4-10(8)7-14-6-9-2-3-12(15)11(13)5-9/h2-3,5,8,10,14-15H,4,6-7H2,1H3. The molecule has 1 fully saturated rings. The molecule has 2 unspecified atom stereocenters. The molecule has 3 heteroatoms. The maximum atomic E-state index is 13.0. The fraction of sp³-hybridized carbons (Fsp3) is 0.500. The Kier molecular flexibility index (Phi) is 2.91. The average Bonchev–Trinajstić information content (AvgIpc) is 2.88. The SMILES string of the molecule is CC1CC1CNCc1ccc(O)c(F)c1. The van der Waals surface area contributed by atoms with E-state index in [1.54, 1.807) is 6.07 Å². The zero-order valence-electron chi connectivity index (χ0n) is 8.83. The lowest BCUT2D eigenvalue weighted by molar-refractivity contribution is 0.431. The van der Waals surface area contributed by atoms with Crippen LogP contribution in [0.15, 0.2) is 18.2 Å². The molecule has 0 saturated heterocycles. The second kappa shape index (κ2) is 4.19. The highest BCUT2D eigenvalue weighted by molar-refractivity contribution is 5.27. The van der Waals surface area contributed by atoms with Gasteiger partial charge in [0, 0.05) is 6.54 Å². The van der Waals surface area contributed by atoms with E-state index in [0.717, 1.165) is 23.9 Å². The van der Waals surface area contributed by atoms with Crippen LogP contribution >= 0.6 is 0 Å². The van der Waals surface area contributed by atoms with E-state index in [0.29, 0.717) is 6.54 Å². The van der Waals surface area contributed by atoms with Crippen molar-refractivity contribution in [2.24, 2.45) is 11.8 Å². The van der Waals surface area contributed by atoms with E-state index in [1.165, 1.54) is 18.6 Å². The maximum Gasteiger partial charge on any atom is 0.165 e. The van der Waals surface area contributed by atoms with Crippen LogP contribution in [0, 0.1) is 17.7 Å². The molecule has 2 rings (SSSR count). The largest absolute Gasteiger partial charge is 0.505 e. The first-order chi connectivity index (χ1) is 7.16. The Morgan fingerprint density at radius 2 is 2.27 bits per heavy atom. The van der Waals surface area contributed by atoms with Gasteiger partial charge in [0.25, 0.3) is 0 Å². The third-order valence-electron chi connectivity index (χ3n) is 3.02. The Morgan fingerprint density at radius 1 is 1.53 bits per heavy atom. The molecule has 1 aliphatic rings. The number of nitrogens with one attached hydrogen (secondary N) is 1. The molecule has 0 aliphatic heterocycles. The first-order valence-electron chi connectivity index (χ1n) is 5.35. The van der Waals surface area contributed by atoms with Crippen LogP contribution in [0.1, 0.15) is 18.9 Å². The smallest absolute Gasteiger partial charge is 0.165 e. The highest BCUT2D eigenvalue weighted by atomic mass is 19.1. The highest BCUT2D eigenvalue weighted by Gasteiger charge is 2.31. The molecular formula is C12H16FNO. The quantitative estimate of drug-likeness (QED) is 0.797. The monoisotopic (exact) mass is 209 g/mol. The molecule has 1 aliphatic carbocycles. The number of benzene rings is 1. The van der Waals surface area contributed by atoms with E-state index < -0.39 is 5.82 Å². The molecule has 0 spiro atoms. The van der Waals surface area contributed by atoms with Gasteiger partial charge in [-0.3, -0.25) is 0 Å². The first-order valence-corrected chi connectivity index (χ1v) is 5.35. The third kappa shape index (κ3) is 2.69. The van der Waals surface area contributed by atoms with Crippen LogP contribution < -0.4 is 5.32 Å². The van der Waals surface area contributed by atoms with Gasteiger partial charge in [-0.05, 0) is 42.5 Å². The van der Waals surface area contributed by atoms with E-state index in [1.807, 2.05) is 0 Å². The van der Waals surface area contributed by atoms with Crippen molar-refractivity contribution >= 4 is 0 Å². The van der Waals surface area contributed by atoms with Crippen molar-refractivity contribution < 1.29 is 9.50 Å². The van der Waals surface area contributed by atoms with Crippen LogP contribution in [-0.4, -0.2) is 11.7 Å². The minimum absolute atomic E-state index is 0.283. The van der Waals surface area contributed by atoms with Gasteiger partial charge < -0.3 is 10.4 Å². The van der Waals surface area contributed by atoms with Gasteiger partial charge in [-0.25, -0.2) is 4.39 Å². The van der Waals surface area contributed by atoms with E-state index >= 15 is 0 Å². The molecule has 0 amide bonds. The summed E-state index contributed by atoms with van der Waals surface area (Å²) in [5.74, 6) is 0.810. The van der Waals surface area contributed by atoms with Gasteiger partial charge in [0.15, 0.2) is 11.6 Å². The van der Waals surface area contributed by atoms with E-state index in [2.05, 4.69) is 12.2 Å². The molecule has 2 atom stereocenters. The van der Waals surface area contributed by atoms with E-state index in [-0.39, 0.29) is 5.75 Å². The summed E-state index contributed by atoms with van der Waals surface area (Å²) >= 11 is 0. The van der Waals surface area contributed by atoms with Gasteiger partial charge in [0.05, 0.1) is 0 Å². The summed E-state index contributed by atoms with van der Waals surface area (Å²) in [6.45, 7) is 3.91. The number of rotatable bonds is 4. The van der Waals surface area contributed by atoms with Crippen molar-refractivity contribution in [1.29, 1.82) is 0 Å². The van der Waals surface area contributed by atoms with Gasteiger partial charge in [-0.1, -0.05) is 13.0 Å². The number of halogens is 1. The molecule has 2 nitrogen and oxygen atoms in total. The molecule has 82 valence electrons. The van der Waals surface area contributed by atoms with Crippen molar-refractivity contribution in [1.82, 2.24) is 5.32 Å². The molecule has 2 N–H and O–H groups in total. The summed E-state index contributed by atoms with van der Waals surface area (Å²) < 4.78 is 13.0. The summed E-state index contributed by atoms with van der Waals surface area (Å²) in [6.07, 6.45) is 1.30. The summed E-state index contributed by atoms with van der Waals surface area (Å²) in [6, 6.07) is 4.51. The van der Waals surface area contributed by atoms with Crippen LogP contribution in [-0.2, 0) is 6.54 Å². The Hall–Kier alpha value is -1.09. The van der Waals surface area contributed by atoms with E-state index in [4.69, 9.17) is 5.11 Å². The van der Waals surface area contributed by atoms with Crippen LogP contribution in [0.5, 0.6) is 5.75 Å². The minimum atomic E-state index is -0.547. The van der Waals surface area contributed by atoms with Crippen molar-refractivity contribution in [2.75, 3.05) is 6.54 Å². The highest BCUT2D eigenvalue weighted by Crippen LogP contribution is 2.36. The van der Waals surface area contributed by atoms with Gasteiger partial charge >= 0.3 is 0 Å². The lowest BCUT2D eigenvalue weighted by atomic mass is 10.2. The van der Waals surface area contributed by atoms with Gasteiger partial charge in [-0.2, -0.15) is 0 Å². The van der Waals surface area contributed by atoms with Crippen molar-refractivity contribution in [2.45, 2.75) is 19.9 Å². The summed E-state index contributed by atoms with van der Waals surface area (Å²) in [4.78, 5) is 0. The third-order valence-corrected chi connectivity index (χ3v) is 3.02. The predicted octanol–water partition coefficient (Wildman–Crippen LogP) is 2.28. The van der Waals surface area contributed by atoms with Gasteiger partial charge in [-0.15, -0.1) is 0 Å². The minimum Gasteiger partial charge on any atom is -0.505 e. The molecule has 0 bridgehead atoms. The van der Waals surface area contributed by atoms with Gasteiger partial charge in [0.2, 0.25) is 0 Å². The summed E-state index contributed by atoms with van der Waals surface area (Å²) in [7, 11) is 0. The topological polar surface area (TPSA) is 32.3 Å². The first kappa shape index (κ1) is 10.4. The second-order valence-corrected chi connectivity index (χ2v) is 4.39. The predicted molar refractivity (Wildman–Crippen MR) is 57.0 cm³/mol. The fourth-order valence-corrected chi connectivity index (χ4v) is 1.75. The Morgan fingerprint density at radius 3 is 2.87 bits per heavy atom. The zero-order chi connectivity index (χ0) is 10.8. The molecule has 1 aromatic carbocycles. The van der Waals surface area contributed by atoms with Crippen LogP contribution in [0.3, 0.4) is 0 Å². The summed E-state index contributed by atoms with van der Waals surface area (Å²) in [5, 5.41) is 12.3. The Balaban J connectivity index is 1.80. The number of hydrogen-bond acceptors (Lipinski definition) is 2. The number of hydrogen-bond donors (Lipinski definition) is 2. The molecule has 0 aromatic heterocycles. The lowest BCUT2D eigenvalue weighted by Gasteiger charge is -2.04. The normalized spacial score (nSPS) is 24.1. The Bertz CT molecular complexity index is 353. The number of phenols is 1. The molecular weight excluding hydrogens is 193 g/mol. The Labute approximate surface area is 89.1 Å². The number of aromatic hydroxyl groups is 1. The maximum absolute atomic E-state index is 13.0. The molecule has 0 radical (unpaired) electrons. The van der Waals surface area contributed by atoms with Crippen molar-refractivity contribution in [3.05, 3.63) is 29.6 Å². The average molecular weight is 209 g/mol. The fourth-order valence-electron chi connectivity index (χ4n) is 1.75. The molecule has 1 aromatic rings. The van der Waals surface area contributed by atoms with Crippen LogP contribution in [0.2, 0.25) is 0 Å². The van der Waals surface area contributed by atoms with Crippen LogP contribution in [0.25, 0.3) is 0 Å². The zero-order valence-corrected chi connectivity index (χ0v) is 8.83. The van der Waals surface area contributed by atoms with Gasteiger partial charge in [0.1, 0.15) is 0 Å². The molecule has 0 heterocycles. The summed E-state index contributed by atoms with van der Waals surface area (Å²) in [5.41, 5.74) is 0.874. The lowest BCUT2D eigenvalue weighted by Crippen LogP contribution is -2.16.